The largest absolute Gasteiger partial charge is 0.465 e. The van der Waals surface area contributed by atoms with E-state index in [9.17, 15) is 14.4 Å². The van der Waals surface area contributed by atoms with E-state index in [-0.39, 0.29) is 23.7 Å². The third-order valence-electron chi connectivity index (χ3n) is 3.82. The highest BCUT2D eigenvalue weighted by atomic mass is 32.1. The lowest BCUT2D eigenvalue weighted by molar-refractivity contribution is -0.120. The van der Waals surface area contributed by atoms with Gasteiger partial charge in [0.15, 0.2) is 5.78 Å². The van der Waals surface area contributed by atoms with Gasteiger partial charge >= 0.3 is 5.97 Å². The Hall–Kier alpha value is -2.41. The van der Waals surface area contributed by atoms with E-state index in [2.05, 4.69) is 10.3 Å². The third kappa shape index (κ3) is 3.73. The molecule has 0 bridgehead atoms. The summed E-state index contributed by atoms with van der Waals surface area (Å²) in [4.78, 5) is 39.8. The normalized spacial score (nSPS) is 10.5. The molecule has 0 aliphatic carbocycles. The summed E-state index contributed by atoms with van der Waals surface area (Å²) in [6.45, 7) is 5.50. The molecule has 1 amide bonds. The summed E-state index contributed by atoms with van der Waals surface area (Å²) in [6.07, 6.45) is -0.0248. The predicted molar refractivity (Wildman–Crippen MR) is 91.5 cm³/mol. The molecule has 0 aliphatic rings. The van der Waals surface area contributed by atoms with Gasteiger partial charge in [0, 0.05) is 17.5 Å². The summed E-state index contributed by atoms with van der Waals surface area (Å²) in [5, 5.41) is 4.80. The Kier molecular flexibility index (Phi) is 5.56. The van der Waals surface area contributed by atoms with Crippen molar-refractivity contribution in [2.75, 3.05) is 7.11 Å². The zero-order chi connectivity index (χ0) is 17.9. The molecule has 0 fully saturated rings. The van der Waals surface area contributed by atoms with Crippen LogP contribution in [0.15, 0.2) is 11.4 Å². The zero-order valence-corrected chi connectivity index (χ0v) is 14.9. The van der Waals surface area contributed by atoms with Crippen LogP contribution in [0, 0.1) is 13.8 Å². The van der Waals surface area contributed by atoms with E-state index in [4.69, 9.17) is 4.74 Å². The van der Waals surface area contributed by atoms with E-state index in [0.29, 0.717) is 23.5 Å². The molecule has 128 valence electrons. The van der Waals surface area contributed by atoms with Crippen molar-refractivity contribution < 1.29 is 19.1 Å². The average molecular weight is 348 g/mol. The van der Waals surface area contributed by atoms with Crippen LogP contribution in [0.5, 0.6) is 0 Å². The Morgan fingerprint density at radius 3 is 2.54 bits per heavy atom. The van der Waals surface area contributed by atoms with Crippen LogP contribution in [0.25, 0.3) is 0 Å². The van der Waals surface area contributed by atoms with Gasteiger partial charge < -0.3 is 15.0 Å². The number of amides is 1. The van der Waals surface area contributed by atoms with Gasteiger partial charge in [-0.2, -0.15) is 0 Å². The second-order valence-electron chi connectivity index (χ2n) is 5.51. The first-order chi connectivity index (χ1) is 11.3. The maximum atomic E-state index is 12.2. The first-order valence-corrected chi connectivity index (χ1v) is 8.33. The maximum absolute atomic E-state index is 12.2. The van der Waals surface area contributed by atoms with Crippen molar-refractivity contribution in [3.63, 3.8) is 0 Å². The van der Waals surface area contributed by atoms with Gasteiger partial charge in [0.05, 0.1) is 31.3 Å². The fraction of sp³-hybridized carbons (Fsp3) is 0.353. The molecule has 7 heteroatoms. The van der Waals surface area contributed by atoms with E-state index in [1.807, 2.05) is 18.4 Å². The van der Waals surface area contributed by atoms with Crippen LogP contribution < -0.4 is 5.32 Å². The molecular formula is C17H20N2O4S. The molecule has 6 nitrogen and oxygen atoms in total. The SMILES string of the molecule is COC(=O)c1c(CC(=O)NCc2sccc2C)[nH]c(C(C)=O)c1C. The Morgan fingerprint density at radius 2 is 2.00 bits per heavy atom. The number of hydrogen-bond acceptors (Lipinski definition) is 5. The van der Waals surface area contributed by atoms with Crippen molar-refractivity contribution in [2.45, 2.75) is 33.7 Å². The second kappa shape index (κ2) is 7.44. The Labute approximate surface area is 144 Å². The van der Waals surface area contributed by atoms with Crippen LogP contribution in [0.3, 0.4) is 0 Å². The van der Waals surface area contributed by atoms with Crippen LogP contribution in [0.1, 0.15) is 49.5 Å². The van der Waals surface area contributed by atoms with Crippen LogP contribution in [0.4, 0.5) is 0 Å². The van der Waals surface area contributed by atoms with Gasteiger partial charge in [0.2, 0.25) is 5.91 Å². The minimum Gasteiger partial charge on any atom is -0.465 e. The maximum Gasteiger partial charge on any atom is 0.339 e. The summed E-state index contributed by atoms with van der Waals surface area (Å²) in [5.74, 6) is -0.990. The van der Waals surface area contributed by atoms with Crippen molar-refractivity contribution >= 4 is 29.0 Å². The number of Topliss-reactive ketones (excluding diaryl/α,β-unsaturated/α-hetero) is 1. The number of carbonyl (C=O) groups is 3. The highest BCUT2D eigenvalue weighted by Crippen LogP contribution is 2.21. The lowest BCUT2D eigenvalue weighted by Crippen LogP contribution is -2.25. The van der Waals surface area contributed by atoms with Gasteiger partial charge in [0.1, 0.15) is 0 Å². The highest BCUT2D eigenvalue weighted by molar-refractivity contribution is 7.10. The van der Waals surface area contributed by atoms with Crippen molar-refractivity contribution in [3.05, 3.63) is 44.4 Å². The first-order valence-electron chi connectivity index (χ1n) is 7.45. The lowest BCUT2D eigenvalue weighted by Gasteiger charge is -2.06. The number of hydrogen-bond donors (Lipinski definition) is 2. The molecule has 2 aromatic rings. The molecule has 2 N–H and O–H groups in total. The number of methoxy groups -OCH3 is 1. The second-order valence-corrected chi connectivity index (χ2v) is 6.51. The Bertz CT molecular complexity index is 789. The lowest BCUT2D eigenvalue weighted by atomic mass is 10.1. The summed E-state index contributed by atoms with van der Waals surface area (Å²) in [5.41, 5.74) is 2.61. The van der Waals surface area contributed by atoms with Crippen LogP contribution in [-0.2, 0) is 22.5 Å². The number of rotatable bonds is 6. The molecular weight excluding hydrogens is 328 g/mol. The Morgan fingerprint density at radius 1 is 1.29 bits per heavy atom. The van der Waals surface area contributed by atoms with E-state index >= 15 is 0 Å². The van der Waals surface area contributed by atoms with Gasteiger partial charge in [-0.25, -0.2) is 4.79 Å². The molecule has 0 unspecified atom stereocenters. The van der Waals surface area contributed by atoms with Gasteiger partial charge in [-0.1, -0.05) is 0 Å². The number of aromatic amines is 1. The Balaban J connectivity index is 2.17. The molecule has 0 aliphatic heterocycles. The summed E-state index contributed by atoms with van der Waals surface area (Å²) < 4.78 is 4.77. The molecule has 0 aromatic carbocycles. The minimum absolute atomic E-state index is 0.0248. The number of carbonyl (C=O) groups excluding carboxylic acids is 3. The zero-order valence-electron chi connectivity index (χ0n) is 14.1. The summed E-state index contributed by atoms with van der Waals surface area (Å²) in [6, 6.07) is 2.00. The fourth-order valence-corrected chi connectivity index (χ4v) is 3.35. The minimum atomic E-state index is -0.562. The number of ether oxygens (including phenoxy) is 1. The van der Waals surface area contributed by atoms with Crippen LogP contribution in [-0.4, -0.2) is 29.8 Å². The van der Waals surface area contributed by atoms with E-state index in [0.717, 1.165) is 10.4 Å². The number of H-pyrrole nitrogens is 1. The first kappa shape index (κ1) is 17.9. The average Bonchev–Trinajstić information content (AvgIpc) is 3.08. The smallest absolute Gasteiger partial charge is 0.339 e. The predicted octanol–water partition coefficient (Wildman–Crippen LogP) is 2.54. The van der Waals surface area contributed by atoms with Gasteiger partial charge in [-0.15, -0.1) is 11.3 Å². The van der Waals surface area contributed by atoms with Crippen molar-refractivity contribution in [2.24, 2.45) is 0 Å². The summed E-state index contributed by atoms with van der Waals surface area (Å²) >= 11 is 1.58. The number of nitrogens with one attached hydrogen (secondary N) is 2. The monoisotopic (exact) mass is 348 g/mol. The molecule has 0 saturated carbocycles. The molecule has 0 saturated heterocycles. The van der Waals surface area contributed by atoms with Crippen molar-refractivity contribution in [1.82, 2.24) is 10.3 Å². The number of esters is 1. The fourth-order valence-electron chi connectivity index (χ4n) is 2.51. The van der Waals surface area contributed by atoms with Gasteiger partial charge in [0.25, 0.3) is 0 Å². The van der Waals surface area contributed by atoms with E-state index in [1.54, 1.807) is 18.3 Å². The van der Waals surface area contributed by atoms with Gasteiger partial charge in [-0.3, -0.25) is 9.59 Å². The molecule has 24 heavy (non-hydrogen) atoms. The molecule has 2 rings (SSSR count). The molecule has 2 heterocycles. The van der Waals surface area contributed by atoms with Crippen molar-refractivity contribution in [3.8, 4) is 0 Å². The number of aryl methyl sites for hydroxylation is 1. The van der Waals surface area contributed by atoms with Crippen molar-refractivity contribution in [1.29, 1.82) is 0 Å². The number of ketones is 1. The van der Waals surface area contributed by atoms with E-state index < -0.39 is 5.97 Å². The molecule has 0 atom stereocenters. The van der Waals surface area contributed by atoms with Crippen LogP contribution >= 0.6 is 11.3 Å². The standard InChI is InChI=1S/C17H20N2O4S/c1-9-5-6-24-13(9)8-18-14(21)7-12-15(17(22)23-4)10(2)16(19-12)11(3)20/h5-6,19H,7-8H2,1-4H3,(H,18,21). The quantitative estimate of drug-likeness (QED) is 0.620. The third-order valence-corrected chi connectivity index (χ3v) is 4.84. The number of thiophene rings is 1. The molecule has 0 spiro atoms. The topological polar surface area (TPSA) is 88.3 Å². The summed E-state index contributed by atoms with van der Waals surface area (Å²) in [7, 11) is 1.27. The van der Waals surface area contributed by atoms with E-state index in [1.165, 1.54) is 14.0 Å². The van der Waals surface area contributed by atoms with Gasteiger partial charge in [-0.05, 0) is 36.4 Å². The molecule has 2 aromatic heterocycles. The molecule has 0 radical (unpaired) electrons. The highest BCUT2D eigenvalue weighted by Gasteiger charge is 2.24. The number of aromatic nitrogens is 1. The van der Waals surface area contributed by atoms with Crippen LogP contribution in [0.2, 0.25) is 0 Å².